The summed E-state index contributed by atoms with van der Waals surface area (Å²) in [6, 6.07) is 2.93. The van der Waals surface area contributed by atoms with Crippen LogP contribution >= 0.6 is 0 Å². The van der Waals surface area contributed by atoms with Crippen LogP contribution in [0.4, 0.5) is 0 Å². The Balaban J connectivity index is 1.75. The van der Waals surface area contributed by atoms with Crippen molar-refractivity contribution in [3.8, 4) is 0 Å². The van der Waals surface area contributed by atoms with E-state index in [0.29, 0.717) is 12.1 Å². The van der Waals surface area contributed by atoms with Gasteiger partial charge in [0.25, 0.3) is 0 Å². The third kappa shape index (κ3) is 4.82. The maximum Gasteiger partial charge on any atom is 0.317 e. The second kappa shape index (κ2) is 7.04. The van der Waals surface area contributed by atoms with Crippen molar-refractivity contribution in [2.45, 2.75) is 52.2 Å². The number of hydrogen-bond donors (Lipinski definition) is 2. The number of aryl methyl sites for hydroxylation is 2. The first-order chi connectivity index (χ1) is 9.94. The summed E-state index contributed by atoms with van der Waals surface area (Å²) >= 11 is 0. The number of carbonyl (C=O) groups is 1. The van der Waals surface area contributed by atoms with Gasteiger partial charge in [-0.2, -0.15) is 5.10 Å². The van der Waals surface area contributed by atoms with Crippen molar-refractivity contribution in [1.29, 1.82) is 0 Å². The van der Waals surface area contributed by atoms with Crippen molar-refractivity contribution in [2.75, 3.05) is 19.6 Å². The SMILES string of the molecule is Cc1cc(C)n(CC(C)NC2CCN(CC(=O)O)CC2)n1. The van der Waals surface area contributed by atoms with Gasteiger partial charge in [-0.3, -0.25) is 14.4 Å². The van der Waals surface area contributed by atoms with E-state index < -0.39 is 5.97 Å². The van der Waals surface area contributed by atoms with Gasteiger partial charge in [0.15, 0.2) is 0 Å². The highest BCUT2D eigenvalue weighted by Crippen LogP contribution is 2.11. The van der Waals surface area contributed by atoms with Crippen LogP contribution in [-0.4, -0.2) is 57.5 Å². The third-order valence-electron chi connectivity index (χ3n) is 4.02. The summed E-state index contributed by atoms with van der Waals surface area (Å²) in [7, 11) is 0. The van der Waals surface area contributed by atoms with E-state index in [1.165, 1.54) is 5.69 Å². The summed E-state index contributed by atoms with van der Waals surface area (Å²) in [6.07, 6.45) is 2.02. The monoisotopic (exact) mass is 294 g/mol. The molecule has 21 heavy (non-hydrogen) atoms. The highest BCUT2D eigenvalue weighted by atomic mass is 16.4. The number of nitrogens with one attached hydrogen (secondary N) is 1. The van der Waals surface area contributed by atoms with E-state index in [4.69, 9.17) is 5.11 Å². The number of nitrogens with zero attached hydrogens (tertiary/aromatic N) is 3. The number of aromatic nitrogens is 2. The number of carboxylic acids is 1. The molecular formula is C15H26N4O2. The lowest BCUT2D eigenvalue weighted by Crippen LogP contribution is -2.47. The summed E-state index contributed by atoms with van der Waals surface area (Å²) in [5.74, 6) is -0.737. The van der Waals surface area contributed by atoms with Crippen LogP contribution in [0.5, 0.6) is 0 Å². The van der Waals surface area contributed by atoms with Gasteiger partial charge in [-0.1, -0.05) is 0 Å². The molecule has 0 radical (unpaired) electrons. The maximum atomic E-state index is 10.7. The van der Waals surface area contributed by atoms with Crippen molar-refractivity contribution in [2.24, 2.45) is 0 Å². The summed E-state index contributed by atoms with van der Waals surface area (Å²) in [5, 5.41) is 16.9. The van der Waals surface area contributed by atoms with Crippen molar-refractivity contribution < 1.29 is 9.90 Å². The number of rotatable bonds is 6. The number of carboxylic acid groups (broad SMARTS) is 1. The van der Waals surface area contributed by atoms with Gasteiger partial charge < -0.3 is 10.4 Å². The Morgan fingerprint density at radius 3 is 2.67 bits per heavy atom. The van der Waals surface area contributed by atoms with Gasteiger partial charge in [0.2, 0.25) is 0 Å². The van der Waals surface area contributed by atoms with Crippen LogP contribution in [0.15, 0.2) is 6.07 Å². The van der Waals surface area contributed by atoms with Crippen LogP contribution < -0.4 is 5.32 Å². The smallest absolute Gasteiger partial charge is 0.317 e. The van der Waals surface area contributed by atoms with Crippen LogP contribution in [0.3, 0.4) is 0 Å². The molecule has 1 aliphatic heterocycles. The minimum Gasteiger partial charge on any atom is -0.480 e. The molecule has 0 aromatic carbocycles. The fourth-order valence-electron chi connectivity index (χ4n) is 3.02. The molecule has 2 N–H and O–H groups in total. The van der Waals surface area contributed by atoms with Gasteiger partial charge in [-0.25, -0.2) is 0 Å². The topological polar surface area (TPSA) is 70.4 Å². The fourth-order valence-corrected chi connectivity index (χ4v) is 3.02. The first-order valence-electron chi connectivity index (χ1n) is 7.65. The molecular weight excluding hydrogens is 268 g/mol. The average molecular weight is 294 g/mol. The first-order valence-corrected chi connectivity index (χ1v) is 7.65. The summed E-state index contributed by atoms with van der Waals surface area (Å²) in [5.41, 5.74) is 2.25. The van der Waals surface area contributed by atoms with E-state index in [2.05, 4.69) is 30.3 Å². The van der Waals surface area contributed by atoms with E-state index >= 15 is 0 Å². The minimum absolute atomic E-state index is 0.161. The Hall–Kier alpha value is -1.40. The molecule has 2 rings (SSSR count). The predicted octanol–water partition coefficient (Wildman–Crippen LogP) is 1.03. The van der Waals surface area contributed by atoms with E-state index in [1.54, 1.807) is 0 Å². The Bertz CT molecular complexity index is 478. The molecule has 1 unspecified atom stereocenters. The van der Waals surface area contributed by atoms with Crippen molar-refractivity contribution in [3.05, 3.63) is 17.5 Å². The molecule has 1 aliphatic rings. The number of aliphatic carboxylic acids is 1. The van der Waals surface area contributed by atoms with Crippen LogP contribution in [0, 0.1) is 13.8 Å². The van der Waals surface area contributed by atoms with Crippen molar-refractivity contribution in [1.82, 2.24) is 20.0 Å². The quantitative estimate of drug-likeness (QED) is 0.820. The lowest BCUT2D eigenvalue weighted by atomic mass is 10.0. The largest absolute Gasteiger partial charge is 0.480 e. The molecule has 0 saturated carbocycles. The van der Waals surface area contributed by atoms with Crippen LogP contribution in [0.1, 0.15) is 31.2 Å². The molecule has 1 aromatic heterocycles. The van der Waals surface area contributed by atoms with Crippen LogP contribution in [-0.2, 0) is 11.3 Å². The first kappa shape index (κ1) is 16.0. The second-order valence-electron chi connectivity index (χ2n) is 6.12. The maximum absolute atomic E-state index is 10.7. The molecule has 0 bridgehead atoms. The highest BCUT2D eigenvalue weighted by Gasteiger charge is 2.21. The summed E-state index contributed by atoms with van der Waals surface area (Å²) in [4.78, 5) is 12.7. The molecule has 1 aromatic rings. The number of hydrogen-bond acceptors (Lipinski definition) is 4. The zero-order chi connectivity index (χ0) is 15.4. The fraction of sp³-hybridized carbons (Fsp3) is 0.733. The molecule has 0 amide bonds. The van der Waals surface area contributed by atoms with E-state index in [0.717, 1.165) is 38.2 Å². The van der Waals surface area contributed by atoms with E-state index in [9.17, 15) is 4.79 Å². The minimum atomic E-state index is -0.737. The Morgan fingerprint density at radius 2 is 2.14 bits per heavy atom. The molecule has 0 aliphatic carbocycles. The van der Waals surface area contributed by atoms with Crippen molar-refractivity contribution >= 4 is 5.97 Å². The van der Waals surface area contributed by atoms with Gasteiger partial charge in [0.05, 0.1) is 18.8 Å². The summed E-state index contributed by atoms with van der Waals surface area (Å²) in [6.45, 7) is 9.02. The van der Waals surface area contributed by atoms with Crippen LogP contribution in [0.2, 0.25) is 0 Å². The number of likely N-dealkylation sites (tertiary alicyclic amines) is 1. The molecule has 6 heteroatoms. The molecule has 1 atom stereocenters. The van der Waals surface area contributed by atoms with E-state index in [-0.39, 0.29) is 6.54 Å². The Labute approximate surface area is 126 Å². The Morgan fingerprint density at radius 1 is 1.48 bits per heavy atom. The molecule has 2 heterocycles. The van der Waals surface area contributed by atoms with Gasteiger partial charge >= 0.3 is 5.97 Å². The molecule has 0 spiro atoms. The molecule has 1 fully saturated rings. The normalized spacial score (nSPS) is 18.8. The third-order valence-corrected chi connectivity index (χ3v) is 4.02. The van der Waals surface area contributed by atoms with Gasteiger partial charge in [-0.15, -0.1) is 0 Å². The standard InChI is InChI=1S/C15H26N4O2/c1-11-8-13(3)19(17-11)9-12(2)16-14-4-6-18(7-5-14)10-15(20)21/h8,12,14,16H,4-7,9-10H2,1-3H3,(H,20,21). The predicted molar refractivity (Wildman–Crippen MR) is 81.4 cm³/mol. The summed E-state index contributed by atoms with van der Waals surface area (Å²) < 4.78 is 2.05. The second-order valence-corrected chi connectivity index (χ2v) is 6.12. The zero-order valence-electron chi connectivity index (χ0n) is 13.2. The molecule has 1 saturated heterocycles. The number of piperidine rings is 1. The molecule has 6 nitrogen and oxygen atoms in total. The van der Waals surface area contributed by atoms with E-state index in [1.807, 2.05) is 16.5 Å². The molecule has 118 valence electrons. The Kier molecular flexibility index (Phi) is 5.36. The lowest BCUT2D eigenvalue weighted by Gasteiger charge is -2.33. The van der Waals surface area contributed by atoms with Gasteiger partial charge in [-0.05, 0) is 39.7 Å². The van der Waals surface area contributed by atoms with Gasteiger partial charge in [0.1, 0.15) is 0 Å². The average Bonchev–Trinajstić information content (AvgIpc) is 2.69. The van der Waals surface area contributed by atoms with Crippen LogP contribution in [0.25, 0.3) is 0 Å². The lowest BCUT2D eigenvalue weighted by molar-refractivity contribution is -0.138. The zero-order valence-corrected chi connectivity index (χ0v) is 13.2. The van der Waals surface area contributed by atoms with Crippen molar-refractivity contribution in [3.63, 3.8) is 0 Å². The van der Waals surface area contributed by atoms with Gasteiger partial charge in [0, 0.05) is 30.9 Å². The highest BCUT2D eigenvalue weighted by molar-refractivity contribution is 5.69.